The van der Waals surface area contributed by atoms with Gasteiger partial charge in [-0.05, 0) is 20.9 Å². The van der Waals surface area contributed by atoms with Crippen LogP contribution in [0.2, 0.25) is 0 Å². The number of hydrogen-bond acceptors (Lipinski definition) is 1. The lowest BCUT2D eigenvalue weighted by Crippen LogP contribution is -2.31. The minimum absolute atomic E-state index is 0.0296. The Bertz CT molecular complexity index is 124. The van der Waals surface area contributed by atoms with Crippen LogP contribution in [0.25, 0.3) is 0 Å². The molecule has 0 aromatic rings. The van der Waals surface area contributed by atoms with Crippen LogP contribution < -0.4 is 0 Å². The van der Waals surface area contributed by atoms with Crippen LogP contribution >= 0.6 is 0 Å². The average Bonchev–Trinajstić information content (AvgIpc) is 2.00. The summed E-state index contributed by atoms with van der Waals surface area (Å²) in [5.74, 6) is -2.48. The standard InChI is InChI=1S/C9H19F2N/c1-5-9(10,11)6-7-12(4)8(2)3/h8H,5-7H2,1-4H3. The molecule has 0 unspecified atom stereocenters. The van der Waals surface area contributed by atoms with E-state index in [-0.39, 0.29) is 12.8 Å². The number of hydrogen-bond donors (Lipinski definition) is 0. The molecule has 12 heavy (non-hydrogen) atoms. The van der Waals surface area contributed by atoms with E-state index in [0.717, 1.165) is 0 Å². The van der Waals surface area contributed by atoms with E-state index in [2.05, 4.69) is 0 Å². The van der Waals surface area contributed by atoms with Crippen molar-refractivity contribution in [2.45, 2.75) is 45.6 Å². The van der Waals surface area contributed by atoms with Crippen LogP contribution in [0.5, 0.6) is 0 Å². The van der Waals surface area contributed by atoms with Crippen LogP contribution in [0, 0.1) is 0 Å². The summed E-state index contributed by atoms with van der Waals surface area (Å²) in [5, 5.41) is 0. The van der Waals surface area contributed by atoms with E-state index in [1.807, 2.05) is 25.8 Å². The van der Waals surface area contributed by atoms with Crippen LogP contribution in [0.15, 0.2) is 0 Å². The van der Waals surface area contributed by atoms with Gasteiger partial charge in [-0.15, -0.1) is 0 Å². The van der Waals surface area contributed by atoms with Gasteiger partial charge in [0.2, 0.25) is 5.92 Å². The Morgan fingerprint density at radius 3 is 2.17 bits per heavy atom. The molecule has 0 saturated heterocycles. The topological polar surface area (TPSA) is 3.24 Å². The molecule has 0 N–H and O–H groups in total. The maximum Gasteiger partial charge on any atom is 0.249 e. The first-order valence-electron chi connectivity index (χ1n) is 4.47. The highest BCUT2D eigenvalue weighted by Crippen LogP contribution is 2.22. The highest BCUT2D eigenvalue weighted by Gasteiger charge is 2.26. The molecule has 0 rings (SSSR count). The monoisotopic (exact) mass is 179 g/mol. The van der Waals surface area contributed by atoms with Crippen LogP contribution in [0.4, 0.5) is 8.78 Å². The van der Waals surface area contributed by atoms with Gasteiger partial charge in [0.15, 0.2) is 0 Å². The fourth-order valence-corrected chi connectivity index (χ4v) is 0.775. The van der Waals surface area contributed by atoms with Gasteiger partial charge in [-0.3, -0.25) is 0 Å². The lowest BCUT2D eigenvalue weighted by Gasteiger charge is -2.23. The van der Waals surface area contributed by atoms with Gasteiger partial charge in [-0.25, -0.2) is 8.78 Å². The molecule has 0 saturated carbocycles. The van der Waals surface area contributed by atoms with Crippen molar-refractivity contribution in [3.63, 3.8) is 0 Å². The third-order valence-electron chi connectivity index (χ3n) is 2.23. The summed E-state index contributed by atoms with van der Waals surface area (Å²) in [6.45, 7) is 6.00. The SMILES string of the molecule is CCC(F)(F)CCN(C)C(C)C. The Balaban J connectivity index is 3.67. The second-order valence-electron chi connectivity index (χ2n) is 3.53. The first-order valence-corrected chi connectivity index (χ1v) is 4.47. The molecule has 1 nitrogen and oxygen atoms in total. The fraction of sp³-hybridized carbons (Fsp3) is 1.00. The van der Waals surface area contributed by atoms with Gasteiger partial charge in [-0.2, -0.15) is 0 Å². The predicted octanol–water partition coefficient (Wildman–Crippen LogP) is 2.76. The molecule has 0 radical (unpaired) electrons. The lowest BCUT2D eigenvalue weighted by molar-refractivity contribution is -0.0196. The molecule has 0 aliphatic carbocycles. The quantitative estimate of drug-likeness (QED) is 0.627. The Hall–Kier alpha value is -0.180. The molecule has 0 spiro atoms. The Morgan fingerprint density at radius 1 is 1.33 bits per heavy atom. The summed E-state index contributed by atoms with van der Waals surface area (Å²) in [5.41, 5.74) is 0. The lowest BCUT2D eigenvalue weighted by atomic mass is 10.1. The minimum atomic E-state index is -2.48. The first kappa shape index (κ1) is 11.8. The second-order valence-corrected chi connectivity index (χ2v) is 3.53. The summed E-state index contributed by atoms with van der Waals surface area (Å²) >= 11 is 0. The van der Waals surface area contributed by atoms with Crippen molar-refractivity contribution in [3.8, 4) is 0 Å². The maximum atomic E-state index is 12.7. The Kier molecular flexibility index (Phi) is 4.68. The molecular formula is C9H19F2N. The van der Waals surface area contributed by atoms with E-state index >= 15 is 0 Å². The normalized spacial score (nSPS) is 13.0. The molecule has 0 aromatic carbocycles. The van der Waals surface area contributed by atoms with Crippen molar-refractivity contribution in [3.05, 3.63) is 0 Å². The number of alkyl halides is 2. The zero-order valence-corrected chi connectivity index (χ0v) is 8.40. The smallest absolute Gasteiger partial charge is 0.249 e. The van der Waals surface area contributed by atoms with E-state index in [1.54, 1.807) is 0 Å². The van der Waals surface area contributed by atoms with Gasteiger partial charge >= 0.3 is 0 Å². The molecule has 0 aliphatic rings. The van der Waals surface area contributed by atoms with Crippen molar-refractivity contribution in [1.29, 1.82) is 0 Å². The summed E-state index contributed by atoms with van der Waals surface area (Å²) in [6.07, 6.45) is -0.0862. The van der Waals surface area contributed by atoms with Crippen LogP contribution in [0.3, 0.4) is 0 Å². The summed E-state index contributed by atoms with van der Waals surface area (Å²) in [4.78, 5) is 1.93. The minimum Gasteiger partial charge on any atom is -0.304 e. The van der Waals surface area contributed by atoms with Crippen molar-refractivity contribution in [1.82, 2.24) is 4.90 Å². The third kappa shape index (κ3) is 4.65. The Labute approximate surface area is 73.7 Å². The molecule has 0 amide bonds. The van der Waals surface area contributed by atoms with Gasteiger partial charge in [0.05, 0.1) is 0 Å². The highest BCUT2D eigenvalue weighted by molar-refractivity contribution is 4.67. The molecule has 0 atom stereocenters. The molecule has 0 aromatic heterocycles. The van der Waals surface area contributed by atoms with E-state index in [0.29, 0.717) is 12.6 Å². The summed E-state index contributed by atoms with van der Waals surface area (Å²) in [6, 6.07) is 0.345. The van der Waals surface area contributed by atoms with Gasteiger partial charge in [-0.1, -0.05) is 6.92 Å². The van der Waals surface area contributed by atoms with Gasteiger partial charge < -0.3 is 4.90 Å². The van der Waals surface area contributed by atoms with Crippen molar-refractivity contribution in [2.75, 3.05) is 13.6 Å². The zero-order chi connectivity index (χ0) is 9.78. The maximum absolute atomic E-state index is 12.7. The van der Waals surface area contributed by atoms with Crippen molar-refractivity contribution in [2.24, 2.45) is 0 Å². The van der Waals surface area contributed by atoms with E-state index in [1.165, 1.54) is 6.92 Å². The van der Waals surface area contributed by atoms with Crippen LogP contribution in [0.1, 0.15) is 33.6 Å². The van der Waals surface area contributed by atoms with Gasteiger partial charge in [0.25, 0.3) is 0 Å². The van der Waals surface area contributed by atoms with Crippen LogP contribution in [-0.2, 0) is 0 Å². The number of rotatable bonds is 5. The van der Waals surface area contributed by atoms with Crippen LogP contribution in [-0.4, -0.2) is 30.5 Å². The van der Waals surface area contributed by atoms with E-state index < -0.39 is 5.92 Å². The average molecular weight is 179 g/mol. The molecule has 74 valence electrons. The molecule has 0 bridgehead atoms. The molecule has 0 aliphatic heterocycles. The Morgan fingerprint density at radius 2 is 1.83 bits per heavy atom. The number of halogens is 2. The highest BCUT2D eigenvalue weighted by atomic mass is 19.3. The molecule has 0 heterocycles. The number of nitrogens with zero attached hydrogens (tertiary/aromatic N) is 1. The molecular weight excluding hydrogens is 160 g/mol. The largest absolute Gasteiger partial charge is 0.304 e. The predicted molar refractivity (Wildman–Crippen MR) is 47.6 cm³/mol. The molecule has 0 fully saturated rings. The zero-order valence-electron chi connectivity index (χ0n) is 8.40. The first-order chi connectivity index (χ1) is 5.39. The second kappa shape index (κ2) is 4.75. The van der Waals surface area contributed by atoms with E-state index in [9.17, 15) is 8.78 Å². The summed E-state index contributed by atoms with van der Waals surface area (Å²) in [7, 11) is 1.87. The summed E-state index contributed by atoms with van der Waals surface area (Å²) < 4.78 is 25.5. The fourth-order valence-electron chi connectivity index (χ4n) is 0.775. The molecule has 3 heteroatoms. The van der Waals surface area contributed by atoms with E-state index in [4.69, 9.17) is 0 Å². The van der Waals surface area contributed by atoms with Crippen molar-refractivity contribution < 1.29 is 8.78 Å². The van der Waals surface area contributed by atoms with Crippen molar-refractivity contribution >= 4 is 0 Å². The van der Waals surface area contributed by atoms with Gasteiger partial charge in [0.1, 0.15) is 0 Å². The third-order valence-corrected chi connectivity index (χ3v) is 2.23. The van der Waals surface area contributed by atoms with Gasteiger partial charge in [0, 0.05) is 25.4 Å².